The van der Waals surface area contributed by atoms with Crippen molar-refractivity contribution in [3.8, 4) is 0 Å². The van der Waals surface area contributed by atoms with E-state index >= 15 is 0 Å². The third kappa shape index (κ3) is 5.93. The minimum Gasteiger partial charge on any atom is -0.358 e. The molecule has 0 fully saturated rings. The highest BCUT2D eigenvalue weighted by atomic mass is 32.2. The molecule has 13 heavy (non-hydrogen) atoms. The van der Waals surface area contributed by atoms with E-state index in [0.29, 0.717) is 6.04 Å². The zero-order valence-electron chi connectivity index (χ0n) is 8.89. The van der Waals surface area contributed by atoms with Gasteiger partial charge in [-0.3, -0.25) is 4.79 Å². The molecular weight excluding hydrogens is 184 g/mol. The van der Waals surface area contributed by atoms with E-state index < -0.39 is 0 Å². The molecule has 0 aromatic heterocycles. The van der Waals surface area contributed by atoms with Crippen molar-refractivity contribution in [1.82, 2.24) is 10.6 Å². The quantitative estimate of drug-likeness (QED) is 0.674. The summed E-state index contributed by atoms with van der Waals surface area (Å²) in [6.07, 6.45) is 0. The average Bonchev–Trinajstić information content (AvgIpc) is 2.13. The first-order valence-corrected chi connectivity index (χ1v) is 5.82. The van der Waals surface area contributed by atoms with Crippen LogP contribution in [0.4, 0.5) is 0 Å². The van der Waals surface area contributed by atoms with Crippen LogP contribution in [0.1, 0.15) is 20.8 Å². The van der Waals surface area contributed by atoms with Gasteiger partial charge in [-0.2, -0.15) is 11.8 Å². The van der Waals surface area contributed by atoms with E-state index in [9.17, 15) is 4.79 Å². The van der Waals surface area contributed by atoms with Crippen LogP contribution in [0, 0.1) is 0 Å². The molecule has 2 atom stereocenters. The first-order valence-electron chi connectivity index (χ1n) is 4.67. The Morgan fingerprint density at radius 2 is 2.08 bits per heavy atom. The fraction of sp³-hybridized carbons (Fsp3) is 0.889. The van der Waals surface area contributed by atoms with Gasteiger partial charge in [0.2, 0.25) is 5.91 Å². The molecule has 4 heteroatoms. The van der Waals surface area contributed by atoms with E-state index in [1.807, 2.05) is 18.7 Å². The third-order valence-electron chi connectivity index (χ3n) is 1.75. The number of likely N-dealkylation sites (N-methyl/N-ethyl adjacent to an activating group) is 1. The second kappa shape index (κ2) is 7.21. The maximum Gasteiger partial charge on any atom is 0.236 e. The van der Waals surface area contributed by atoms with E-state index in [1.54, 1.807) is 7.05 Å². The minimum atomic E-state index is -0.0996. The van der Waals surface area contributed by atoms with Crippen LogP contribution in [0.25, 0.3) is 0 Å². The van der Waals surface area contributed by atoms with Gasteiger partial charge in [0.15, 0.2) is 0 Å². The lowest BCUT2D eigenvalue weighted by atomic mass is 10.2. The lowest BCUT2D eigenvalue weighted by Gasteiger charge is -2.18. The maximum atomic E-state index is 11.1. The largest absolute Gasteiger partial charge is 0.358 e. The van der Waals surface area contributed by atoms with Crippen LogP contribution >= 0.6 is 11.8 Å². The van der Waals surface area contributed by atoms with Gasteiger partial charge in [0, 0.05) is 18.8 Å². The van der Waals surface area contributed by atoms with Crippen LogP contribution < -0.4 is 10.6 Å². The molecule has 0 aromatic carbocycles. The summed E-state index contributed by atoms with van der Waals surface area (Å²) in [5.41, 5.74) is 0. The van der Waals surface area contributed by atoms with Gasteiger partial charge in [0.05, 0.1) is 6.04 Å². The Morgan fingerprint density at radius 3 is 2.54 bits per heavy atom. The molecule has 0 aliphatic rings. The predicted octanol–water partition coefficient (Wildman–Crippen LogP) is 0.852. The summed E-state index contributed by atoms with van der Waals surface area (Å²) in [6.45, 7) is 6.12. The highest BCUT2D eigenvalue weighted by molar-refractivity contribution is 7.99. The SMILES string of the molecule is CCSCC(C)NC(C)C(=O)NC. The van der Waals surface area contributed by atoms with Crippen LogP contribution in [0.3, 0.4) is 0 Å². The molecule has 0 rings (SSSR count). The fourth-order valence-corrected chi connectivity index (χ4v) is 1.75. The molecular formula is C9H20N2OS. The lowest BCUT2D eigenvalue weighted by molar-refractivity contribution is -0.122. The molecule has 0 radical (unpaired) electrons. The Labute approximate surface area is 85.0 Å². The van der Waals surface area contributed by atoms with E-state index in [0.717, 1.165) is 11.5 Å². The molecule has 2 unspecified atom stereocenters. The van der Waals surface area contributed by atoms with Crippen molar-refractivity contribution in [3.05, 3.63) is 0 Å². The Hall–Kier alpha value is -0.220. The van der Waals surface area contributed by atoms with Gasteiger partial charge in [-0.05, 0) is 19.6 Å². The van der Waals surface area contributed by atoms with Crippen molar-refractivity contribution in [3.63, 3.8) is 0 Å². The van der Waals surface area contributed by atoms with E-state index in [2.05, 4.69) is 24.5 Å². The Kier molecular flexibility index (Phi) is 7.09. The normalized spacial score (nSPS) is 15.1. The number of carbonyl (C=O) groups is 1. The predicted molar refractivity (Wildman–Crippen MR) is 59.1 cm³/mol. The summed E-state index contributed by atoms with van der Waals surface area (Å²) < 4.78 is 0. The van der Waals surface area contributed by atoms with E-state index in [-0.39, 0.29) is 11.9 Å². The summed E-state index contributed by atoms with van der Waals surface area (Å²) >= 11 is 1.88. The lowest BCUT2D eigenvalue weighted by Crippen LogP contribution is -2.45. The van der Waals surface area contributed by atoms with Crippen molar-refractivity contribution < 1.29 is 4.79 Å². The molecule has 2 N–H and O–H groups in total. The molecule has 0 spiro atoms. The molecule has 1 amide bonds. The third-order valence-corrected chi connectivity index (χ3v) is 2.89. The molecule has 0 saturated carbocycles. The second-order valence-corrected chi connectivity index (χ2v) is 4.38. The first-order chi connectivity index (χ1) is 6.11. The molecule has 0 aliphatic carbocycles. The zero-order chi connectivity index (χ0) is 10.3. The highest BCUT2D eigenvalue weighted by Gasteiger charge is 2.12. The summed E-state index contributed by atoms with van der Waals surface area (Å²) in [5.74, 6) is 2.23. The smallest absolute Gasteiger partial charge is 0.236 e. The summed E-state index contributed by atoms with van der Waals surface area (Å²) in [5, 5.41) is 5.85. The van der Waals surface area contributed by atoms with Gasteiger partial charge < -0.3 is 10.6 Å². The van der Waals surface area contributed by atoms with Crippen LogP contribution in [0.2, 0.25) is 0 Å². The van der Waals surface area contributed by atoms with Crippen LogP contribution in [-0.2, 0) is 4.79 Å². The van der Waals surface area contributed by atoms with Crippen LogP contribution in [-0.4, -0.2) is 36.5 Å². The minimum absolute atomic E-state index is 0.0494. The van der Waals surface area contributed by atoms with Crippen molar-refractivity contribution in [2.75, 3.05) is 18.6 Å². The number of rotatable bonds is 6. The molecule has 3 nitrogen and oxygen atoms in total. The fourth-order valence-electron chi connectivity index (χ4n) is 1.06. The second-order valence-electron chi connectivity index (χ2n) is 3.06. The van der Waals surface area contributed by atoms with Gasteiger partial charge in [0.25, 0.3) is 0 Å². The van der Waals surface area contributed by atoms with Gasteiger partial charge >= 0.3 is 0 Å². The van der Waals surface area contributed by atoms with Crippen molar-refractivity contribution in [2.24, 2.45) is 0 Å². The topological polar surface area (TPSA) is 41.1 Å². The van der Waals surface area contributed by atoms with Crippen molar-refractivity contribution >= 4 is 17.7 Å². The summed E-state index contributed by atoms with van der Waals surface area (Å²) in [4.78, 5) is 11.1. The van der Waals surface area contributed by atoms with Gasteiger partial charge in [-0.15, -0.1) is 0 Å². The number of hydrogen-bond donors (Lipinski definition) is 2. The average molecular weight is 204 g/mol. The number of carbonyl (C=O) groups excluding carboxylic acids is 1. The molecule has 78 valence electrons. The van der Waals surface area contributed by atoms with E-state index in [4.69, 9.17) is 0 Å². The first kappa shape index (κ1) is 12.8. The summed E-state index contributed by atoms with van der Waals surface area (Å²) in [7, 11) is 1.66. The molecule has 0 saturated heterocycles. The van der Waals surface area contributed by atoms with Gasteiger partial charge in [-0.25, -0.2) is 0 Å². The standard InChI is InChI=1S/C9H20N2OS/c1-5-13-6-7(2)11-8(3)9(12)10-4/h7-8,11H,5-6H2,1-4H3,(H,10,12). The van der Waals surface area contributed by atoms with E-state index in [1.165, 1.54) is 0 Å². The van der Waals surface area contributed by atoms with Crippen molar-refractivity contribution in [2.45, 2.75) is 32.9 Å². The monoisotopic (exact) mass is 204 g/mol. The Morgan fingerprint density at radius 1 is 1.46 bits per heavy atom. The number of hydrogen-bond acceptors (Lipinski definition) is 3. The number of nitrogens with one attached hydrogen (secondary N) is 2. The molecule has 0 aromatic rings. The molecule has 0 heterocycles. The Balaban J connectivity index is 3.64. The highest BCUT2D eigenvalue weighted by Crippen LogP contribution is 2.01. The zero-order valence-corrected chi connectivity index (χ0v) is 9.70. The van der Waals surface area contributed by atoms with Crippen molar-refractivity contribution in [1.29, 1.82) is 0 Å². The van der Waals surface area contributed by atoms with Crippen LogP contribution in [0.5, 0.6) is 0 Å². The molecule has 0 bridgehead atoms. The van der Waals surface area contributed by atoms with Gasteiger partial charge in [-0.1, -0.05) is 6.92 Å². The maximum absolute atomic E-state index is 11.1. The summed E-state index contributed by atoms with van der Waals surface area (Å²) in [6, 6.07) is 0.287. The Bertz CT molecular complexity index is 153. The number of thioether (sulfide) groups is 1. The molecule has 0 aliphatic heterocycles. The van der Waals surface area contributed by atoms with Gasteiger partial charge in [0.1, 0.15) is 0 Å². The van der Waals surface area contributed by atoms with Crippen LogP contribution in [0.15, 0.2) is 0 Å². The number of amides is 1.